The first-order valence-electron chi connectivity index (χ1n) is 6.96. The standard InChI is InChI=1S/C15H16N4O3/c16-15(20)11-8-17-9-14(19-11)18-4-3-10-1-2-12-13(7-10)22-6-5-21-12/h1-2,7-9H,3-6H2,(H2,16,20)(H,18,19). The van der Waals surface area contributed by atoms with E-state index in [1.807, 2.05) is 18.2 Å². The molecule has 1 aliphatic rings. The predicted molar refractivity (Wildman–Crippen MR) is 80.2 cm³/mol. The largest absolute Gasteiger partial charge is 0.486 e. The van der Waals surface area contributed by atoms with Gasteiger partial charge in [0.1, 0.15) is 24.7 Å². The fraction of sp³-hybridized carbons (Fsp3) is 0.267. The van der Waals surface area contributed by atoms with Gasteiger partial charge in [-0.3, -0.25) is 9.78 Å². The summed E-state index contributed by atoms with van der Waals surface area (Å²) < 4.78 is 11.0. The molecular formula is C15H16N4O3. The highest BCUT2D eigenvalue weighted by atomic mass is 16.6. The van der Waals surface area contributed by atoms with E-state index in [1.54, 1.807) is 6.20 Å². The summed E-state index contributed by atoms with van der Waals surface area (Å²) in [5.74, 6) is 1.49. The molecule has 1 aromatic carbocycles. The zero-order valence-electron chi connectivity index (χ0n) is 11.9. The summed E-state index contributed by atoms with van der Waals surface area (Å²) in [7, 11) is 0. The van der Waals surface area contributed by atoms with E-state index in [0.29, 0.717) is 25.6 Å². The Labute approximate surface area is 127 Å². The van der Waals surface area contributed by atoms with Gasteiger partial charge in [-0.05, 0) is 24.1 Å². The van der Waals surface area contributed by atoms with Crippen molar-refractivity contribution in [2.75, 3.05) is 25.1 Å². The van der Waals surface area contributed by atoms with Gasteiger partial charge in [0.05, 0.1) is 12.4 Å². The normalized spacial score (nSPS) is 12.7. The van der Waals surface area contributed by atoms with Crippen LogP contribution in [0.15, 0.2) is 30.6 Å². The fourth-order valence-electron chi connectivity index (χ4n) is 2.15. The maximum atomic E-state index is 11.1. The molecule has 1 amide bonds. The summed E-state index contributed by atoms with van der Waals surface area (Å²) >= 11 is 0. The smallest absolute Gasteiger partial charge is 0.268 e. The third kappa shape index (κ3) is 3.25. The molecule has 0 atom stereocenters. The first-order chi connectivity index (χ1) is 10.7. The number of anilines is 1. The zero-order chi connectivity index (χ0) is 15.4. The number of nitrogens with zero attached hydrogens (tertiary/aromatic N) is 2. The number of amides is 1. The van der Waals surface area contributed by atoms with Crippen molar-refractivity contribution < 1.29 is 14.3 Å². The molecule has 2 aromatic rings. The van der Waals surface area contributed by atoms with Gasteiger partial charge in [-0.2, -0.15) is 0 Å². The van der Waals surface area contributed by atoms with Crippen molar-refractivity contribution in [3.63, 3.8) is 0 Å². The highest BCUT2D eigenvalue weighted by Crippen LogP contribution is 2.30. The minimum Gasteiger partial charge on any atom is -0.486 e. The topological polar surface area (TPSA) is 99.4 Å². The van der Waals surface area contributed by atoms with Crippen LogP contribution < -0.4 is 20.5 Å². The molecule has 0 radical (unpaired) electrons. The monoisotopic (exact) mass is 300 g/mol. The Balaban J connectivity index is 1.59. The lowest BCUT2D eigenvalue weighted by molar-refractivity contribution is 0.0995. The number of rotatable bonds is 5. The number of benzene rings is 1. The number of fused-ring (bicyclic) bond motifs is 1. The van der Waals surface area contributed by atoms with Crippen LogP contribution in [0.3, 0.4) is 0 Å². The second-order valence-electron chi connectivity index (χ2n) is 4.81. The summed E-state index contributed by atoms with van der Waals surface area (Å²) in [4.78, 5) is 19.1. The van der Waals surface area contributed by atoms with E-state index < -0.39 is 5.91 Å². The molecule has 114 valence electrons. The molecule has 3 rings (SSSR count). The maximum absolute atomic E-state index is 11.1. The molecule has 1 aromatic heterocycles. The molecule has 0 saturated heterocycles. The molecule has 22 heavy (non-hydrogen) atoms. The van der Waals surface area contributed by atoms with Crippen LogP contribution >= 0.6 is 0 Å². The summed E-state index contributed by atoms with van der Waals surface area (Å²) in [5.41, 5.74) is 6.44. The van der Waals surface area contributed by atoms with Crippen LogP contribution in [0.25, 0.3) is 0 Å². The van der Waals surface area contributed by atoms with Gasteiger partial charge in [-0.1, -0.05) is 6.07 Å². The maximum Gasteiger partial charge on any atom is 0.268 e. The number of carbonyl (C=O) groups excluding carboxylic acids is 1. The minimum absolute atomic E-state index is 0.143. The molecule has 0 saturated carbocycles. The zero-order valence-corrected chi connectivity index (χ0v) is 11.9. The first-order valence-corrected chi connectivity index (χ1v) is 6.96. The van der Waals surface area contributed by atoms with E-state index in [2.05, 4.69) is 15.3 Å². The molecule has 3 N–H and O–H groups in total. The number of hydrogen-bond acceptors (Lipinski definition) is 6. The summed E-state index contributed by atoms with van der Waals surface area (Å²) in [5, 5.41) is 3.12. The van der Waals surface area contributed by atoms with E-state index in [9.17, 15) is 4.79 Å². The highest BCUT2D eigenvalue weighted by Gasteiger charge is 2.11. The number of ether oxygens (including phenoxy) is 2. The molecule has 7 nitrogen and oxygen atoms in total. The second kappa shape index (κ2) is 6.30. The number of aromatic nitrogens is 2. The average Bonchev–Trinajstić information content (AvgIpc) is 2.55. The number of carbonyl (C=O) groups is 1. The van der Waals surface area contributed by atoms with Crippen LogP contribution in [0.4, 0.5) is 5.82 Å². The third-order valence-electron chi connectivity index (χ3n) is 3.21. The van der Waals surface area contributed by atoms with Crippen molar-refractivity contribution in [2.45, 2.75) is 6.42 Å². The van der Waals surface area contributed by atoms with E-state index in [-0.39, 0.29) is 5.69 Å². The van der Waals surface area contributed by atoms with Gasteiger partial charge in [0, 0.05) is 6.54 Å². The van der Waals surface area contributed by atoms with Gasteiger partial charge in [0.15, 0.2) is 11.5 Å². The molecule has 0 fully saturated rings. The van der Waals surface area contributed by atoms with Gasteiger partial charge in [0.2, 0.25) is 0 Å². The second-order valence-corrected chi connectivity index (χ2v) is 4.81. The Morgan fingerprint density at radius 3 is 2.86 bits per heavy atom. The Hall–Kier alpha value is -2.83. The van der Waals surface area contributed by atoms with E-state index in [0.717, 1.165) is 23.5 Å². The van der Waals surface area contributed by atoms with E-state index >= 15 is 0 Å². The van der Waals surface area contributed by atoms with Crippen molar-refractivity contribution in [3.05, 3.63) is 41.9 Å². The van der Waals surface area contributed by atoms with Crippen molar-refractivity contribution >= 4 is 11.7 Å². The van der Waals surface area contributed by atoms with Gasteiger partial charge >= 0.3 is 0 Å². The van der Waals surface area contributed by atoms with E-state index in [4.69, 9.17) is 15.2 Å². The van der Waals surface area contributed by atoms with Crippen LogP contribution in [0.5, 0.6) is 11.5 Å². The van der Waals surface area contributed by atoms with Crippen molar-refractivity contribution in [3.8, 4) is 11.5 Å². The van der Waals surface area contributed by atoms with Crippen LogP contribution in [-0.4, -0.2) is 35.6 Å². The molecule has 2 heterocycles. The highest BCUT2D eigenvalue weighted by molar-refractivity contribution is 5.90. The molecule has 0 unspecified atom stereocenters. The van der Waals surface area contributed by atoms with Crippen LogP contribution in [0.1, 0.15) is 16.1 Å². The fourth-order valence-corrected chi connectivity index (χ4v) is 2.15. The van der Waals surface area contributed by atoms with Crippen LogP contribution in [0.2, 0.25) is 0 Å². The quantitative estimate of drug-likeness (QED) is 0.854. The molecule has 7 heteroatoms. The van der Waals surface area contributed by atoms with Gasteiger partial charge in [0.25, 0.3) is 5.91 Å². The molecular weight excluding hydrogens is 284 g/mol. The van der Waals surface area contributed by atoms with Gasteiger partial charge in [-0.25, -0.2) is 4.98 Å². The predicted octanol–water partition coefficient (Wildman–Crippen LogP) is 1.00. The van der Waals surface area contributed by atoms with Gasteiger partial charge in [-0.15, -0.1) is 0 Å². The SMILES string of the molecule is NC(=O)c1cncc(NCCc2ccc3c(c2)OCCO3)n1. The van der Waals surface area contributed by atoms with Crippen LogP contribution in [0, 0.1) is 0 Å². The van der Waals surface area contributed by atoms with Crippen molar-refractivity contribution in [2.24, 2.45) is 5.73 Å². The Kier molecular flexibility index (Phi) is 4.04. The lowest BCUT2D eigenvalue weighted by atomic mass is 10.1. The number of nitrogens with one attached hydrogen (secondary N) is 1. The van der Waals surface area contributed by atoms with Crippen molar-refractivity contribution in [1.29, 1.82) is 0 Å². The molecule has 0 bridgehead atoms. The summed E-state index contributed by atoms with van der Waals surface area (Å²) in [6.45, 7) is 1.81. The number of nitrogens with two attached hydrogens (primary N) is 1. The molecule has 0 spiro atoms. The Morgan fingerprint density at radius 1 is 1.23 bits per heavy atom. The number of primary amides is 1. The summed E-state index contributed by atoms with van der Waals surface area (Å²) in [6.07, 6.45) is 3.67. The van der Waals surface area contributed by atoms with Crippen molar-refractivity contribution in [1.82, 2.24) is 9.97 Å². The lowest BCUT2D eigenvalue weighted by Crippen LogP contribution is -2.16. The Morgan fingerprint density at radius 2 is 2.05 bits per heavy atom. The molecule has 0 aliphatic carbocycles. The Bertz CT molecular complexity index is 690. The van der Waals surface area contributed by atoms with Gasteiger partial charge < -0.3 is 20.5 Å². The third-order valence-corrected chi connectivity index (χ3v) is 3.21. The van der Waals surface area contributed by atoms with E-state index in [1.165, 1.54) is 6.20 Å². The lowest BCUT2D eigenvalue weighted by Gasteiger charge is -2.18. The summed E-state index contributed by atoms with van der Waals surface area (Å²) in [6, 6.07) is 5.89. The first kappa shape index (κ1) is 14.1. The number of hydrogen-bond donors (Lipinski definition) is 2. The van der Waals surface area contributed by atoms with Crippen LogP contribution in [-0.2, 0) is 6.42 Å². The average molecular weight is 300 g/mol. The minimum atomic E-state index is -0.594. The molecule has 1 aliphatic heterocycles.